The van der Waals surface area contributed by atoms with Gasteiger partial charge < -0.3 is 15.2 Å². The summed E-state index contributed by atoms with van der Waals surface area (Å²) >= 11 is 0. The van der Waals surface area contributed by atoms with Gasteiger partial charge in [0.2, 0.25) is 15.9 Å². The summed E-state index contributed by atoms with van der Waals surface area (Å²) in [6.45, 7) is 0.927. The van der Waals surface area contributed by atoms with Crippen molar-refractivity contribution in [2.75, 3.05) is 6.54 Å². The molecule has 0 bridgehead atoms. The quantitative estimate of drug-likeness (QED) is 0.611. The van der Waals surface area contributed by atoms with Crippen LogP contribution in [-0.2, 0) is 19.6 Å². The summed E-state index contributed by atoms with van der Waals surface area (Å²) in [6.07, 6.45) is -5.20. The Bertz CT molecular complexity index is 718. The summed E-state index contributed by atoms with van der Waals surface area (Å²) in [5.41, 5.74) is 0. The molecule has 1 aromatic rings. The van der Waals surface area contributed by atoms with E-state index in [1.165, 1.54) is 6.92 Å². The van der Waals surface area contributed by atoms with E-state index in [0.29, 0.717) is 0 Å². The molecule has 0 aliphatic heterocycles. The van der Waals surface area contributed by atoms with E-state index >= 15 is 0 Å². The molecule has 0 aliphatic rings. The van der Waals surface area contributed by atoms with E-state index in [1.807, 2.05) is 0 Å². The van der Waals surface area contributed by atoms with Crippen molar-refractivity contribution in [3.63, 3.8) is 0 Å². The van der Waals surface area contributed by atoms with Crippen LogP contribution in [0.4, 0.5) is 13.2 Å². The molecular weight excluding hydrogens is 369 g/mol. The molecule has 8 nitrogen and oxygen atoms in total. The van der Waals surface area contributed by atoms with Crippen LogP contribution in [0.15, 0.2) is 29.2 Å². The third-order valence-corrected chi connectivity index (χ3v) is 4.24. The predicted molar refractivity (Wildman–Crippen MR) is 78.2 cm³/mol. The first-order chi connectivity index (χ1) is 11.4. The number of aliphatic carboxylic acids is 1. The lowest BCUT2D eigenvalue weighted by Crippen LogP contribution is -2.39. The van der Waals surface area contributed by atoms with Gasteiger partial charge in [-0.25, -0.2) is 13.1 Å². The van der Waals surface area contributed by atoms with Gasteiger partial charge in [-0.15, -0.1) is 13.2 Å². The molecule has 0 fully saturated rings. The monoisotopic (exact) mass is 384 g/mol. The highest BCUT2D eigenvalue weighted by Crippen LogP contribution is 2.23. The molecule has 0 radical (unpaired) electrons. The first-order valence-electron chi connectivity index (χ1n) is 6.78. The second-order valence-corrected chi connectivity index (χ2v) is 6.56. The number of benzene rings is 1. The zero-order chi connectivity index (χ0) is 19.3. The number of sulfonamides is 1. The van der Waals surface area contributed by atoms with Gasteiger partial charge in [-0.1, -0.05) is 0 Å². The minimum atomic E-state index is -4.89. The van der Waals surface area contributed by atoms with Crippen LogP contribution in [0.3, 0.4) is 0 Å². The van der Waals surface area contributed by atoms with Crippen molar-refractivity contribution in [3.8, 4) is 5.75 Å². The summed E-state index contributed by atoms with van der Waals surface area (Å²) in [7, 11) is -4.04. The average Bonchev–Trinajstić information content (AvgIpc) is 2.45. The van der Waals surface area contributed by atoms with Crippen molar-refractivity contribution in [2.24, 2.45) is 0 Å². The summed E-state index contributed by atoms with van der Waals surface area (Å²) < 4.78 is 65.7. The van der Waals surface area contributed by atoms with Crippen molar-refractivity contribution in [1.29, 1.82) is 0 Å². The Labute approximate surface area is 141 Å². The molecule has 1 unspecified atom stereocenters. The number of carbonyl (C=O) groups is 2. The molecule has 0 aliphatic carbocycles. The van der Waals surface area contributed by atoms with E-state index in [1.54, 1.807) is 0 Å². The standard InChI is InChI=1S/C13H15F3N2O6S/c1-8(12(20)21)18-11(19)6-7-17-25(22,23)10-4-2-9(3-5-10)24-13(14,15)16/h2-5,8,17H,6-7H2,1H3,(H,18,19)(H,20,21). The fourth-order valence-corrected chi connectivity index (χ4v) is 2.61. The molecule has 25 heavy (non-hydrogen) atoms. The maximum Gasteiger partial charge on any atom is 0.573 e. The van der Waals surface area contributed by atoms with E-state index in [-0.39, 0.29) is 17.9 Å². The smallest absolute Gasteiger partial charge is 0.480 e. The van der Waals surface area contributed by atoms with E-state index < -0.39 is 40.1 Å². The third kappa shape index (κ3) is 7.39. The lowest BCUT2D eigenvalue weighted by atomic mass is 10.3. The Morgan fingerprint density at radius 2 is 1.80 bits per heavy atom. The Hall–Kier alpha value is -2.34. The zero-order valence-corrected chi connectivity index (χ0v) is 13.6. The number of alkyl halides is 3. The molecule has 0 aromatic heterocycles. The normalized spacial score (nSPS) is 13.1. The number of hydrogen-bond acceptors (Lipinski definition) is 5. The van der Waals surface area contributed by atoms with Gasteiger partial charge in [0.25, 0.3) is 0 Å². The lowest BCUT2D eigenvalue weighted by molar-refractivity contribution is -0.274. The number of carboxylic acid groups (broad SMARTS) is 1. The molecule has 0 saturated carbocycles. The first-order valence-corrected chi connectivity index (χ1v) is 8.26. The summed E-state index contributed by atoms with van der Waals surface area (Å²) in [4.78, 5) is 21.7. The molecule has 1 rings (SSSR count). The third-order valence-electron chi connectivity index (χ3n) is 2.76. The summed E-state index contributed by atoms with van der Waals surface area (Å²) in [6, 6.07) is 2.38. The van der Waals surface area contributed by atoms with Crippen molar-refractivity contribution in [3.05, 3.63) is 24.3 Å². The zero-order valence-electron chi connectivity index (χ0n) is 12.8. The molecule has 12 heteroatoms. The van der Waals surface area contributed by atoms with Crippen LogP contribution in [0.5, 0.6) is 5.75 Å². The van der Waals surface area contributed by atoms with Crippen LogP contribution in [0.2, 0.25) is 0 Å². The lowest BCUT2D eigenvalue weighted by Gasteiger charge is -2.11. The SMILES string of the molecule is CC(NC(=O)CCNS(=O)(=O)c1ccc(OC(F)(F)F)cc1)C(=O)O. The summed E-state index contributed by atoms with van der Waals surface area (Å²) in [5, 5.41) is 10.8. The Morgan fingerprint density at radius 1 is 1.24 bits per heavy atom. The van der Waals surface area contributed by atoms with Crippen molar-refractivity contribution >= 4 is 21.9 Å². The van der Waals surface area contributed by atoms with E-state index in [4.69, 9.17) is 5.11 Å². The summed E-state index contributed by atoms with van der Waals surface area (Å²) in [5.74, 6) is -2.49. The van der Waals surface area contributed by atoms with Gasteiger partial charge >= 0.3 is 12.3 Å². The van der Waals surface area contributed by atoms with Crippen LogP contribution >= 0.6 is 0 Å². The van der Waals surface area contributed by atoms with Crippen molar-refractivity contribution in [1.82, 2.24) is 10.0 Å². The number of carboxylic acids is 1. The van der Waals surface area contributed by atoms with Gasteiger partial charge in [-0.3, -0.25) is 9.59 Å². The largest absolute Gasteiger partial charge is 0.573 e. The second-order valence-electron chi connectivity index (χ2n) is 4.79. The Morgan fingerprint density at radius 3 is 2.28 bits per heavy atom. The van der Waals surface area contributed by atoms with Gasteiger partial charge in [0.1, 0.15) is 11.8 Å². The number of ether oxygens (including phenoxy) is 1. The first kappa shape index (κ1) is 20.7. The molecule has 1 atom stereocenters. The van der Waals surface area contributed by atoms with Gasteiger partial charge in [0.15, 0.2) is 0 Å². The molecule has 0 saturated heterocycles. The van der Waals surface area contributed by atoms with Gasteiger partial charge in [0.05, 0.1) is 4.90 Å². The predicted octanol–water partition coefficient (Wildman–Crippen LogP) is 0.843. The second kappa shape index (κ2) is 8.16. The van der Waals surface area contributed by atoms with Gasteiger partial charge in [-0.2, -0.15) is 0 Å². The Balaban J connectivity index is 2.58. The fraction of sp³-hybridized carbons (Fsp3) is 0.385. The van der Waals surface area contributed by atoms with E-state index in [9.17, 15) is 31.2 Å². The fourth-order valence-electron chi connectivity index (χ4n) is 1.58. The molecule has 1 amide bonds. The van der Waals surface area contributed by atoms with Crippen LogP contribution in [0, 0.1) is 0 Å². The molecule has 140 valence electrons. The van der Waals surface area contributed by atoms with Crippen molar-refractivity contribution in [2.45, 2.75) is 30.6 Å². The van der Waals surface area contributed by atoms with Crippen LogP contribution in [0.1, 0.15) is 13.3 Å². The van der Waals surface area contributed by atoms with Gasteiger partial charge in [-0.05, 0) is 31.2 Å². The number of hydrogen-bond donors (Lipinski definition) is 3. The maximum absolute atomic E-state index is 12.0. The van der Waals surface area contributed by atoms with Gasteiger partial charge in [0, 0.05) is 13.0 Å². The molecule has 0 spiro atoms. The minimum absolute atomic E-state index is 0.313. The van der Waals surface area contributed by atoms with Crippen molar-refractivity contribution < 1.29 is 41.0 Å². The molecule has 1 aromatic carbocycles. The highest BCUT2D eigenvalue weighted by Gasteiger charge is 2.31. The minimum Gasteiger partial charge on any atom is -0.480 e. The molecular formula is C13H15F3N2O6S. The van der Waals surface area contributed by atoms with Crippen LogP contribution in [0.25, 0.3) is 0 Å². The van der Waals surface area contributed by atoms with E-state index in [0.717, 1.165) is 24.3 Å². The topological polar surface area (TPSA) is 122 Å². The molecule has 3 N–H and O–H groups in total. The maximum atomic E-state index is 12.0. The highest BCUT2D eigenvalue weighted by atomic mass is 32.2. The number of rotatable bonds is 8. The number of halogens is 3. The number of nitrogens with one attached hydrogen (secondary N) is 2. The Kier molecular flexibility index (Phi) is 6.76. The molecule has 0 heterocycles. The van der Waals surface area contributed by atoms with Crippen LogP contribution in [-0.4, -0.2) is 44.3 Å². The van der Waals surface area contributed by atoms with Crippen LogP contribution < -0.4 is 14.8 Å². The number of carbonyl (C=O) groups excluding carboxylic acids is 1. The average molecular weight is 384 g/mol. The van der Waals surface area contributed by atoms with E-state index in [2.05, 4.69) is 14.8 Å². The number of amides is 1. The highest BCUT2D eigenvalue weighted by molar-refractivity contribution is 7.89.